The lowest BCUT2D eigenvalue weighted by Crippen LogP contribution is -2.48. The maximum absolute atomic E-state index is 14.7. The highest BCUT2D eigenvalue weighted by atomic mass is 19.1. The zero-order valence-electron chi connectivity index (χ0n) is 18.9. The van der Waals surface area contributed by atoms with Crippen molar-refractivity contribution in [2.45, 2.75) is 51.0 Å². The number of hydrogen-bond acceptors (Lipinski definition) is 5. The van der Waals surface area contributed by atoms with E-state index < -0.39 is 36.0 Å². The van der Waals surface area contributed by atoms with Crippen LogP contribution in [0.4, 0.5) is 8.78 Å². The highest BCUT2D eigenvalue weighted by Gasteiger charge is 2.40. The summed E-state index contributed by atoms with van der Waals surface area (Å²) < 4.78 is 30.4. The molecular formula is C24H26F2N6O2. The van der Waals surface area contributed by atoms with Crippen molar-refractivity contribution in [3.05, 3.63) is 77.9 Å². The predicted molar refractivity (Wildman–Crippen MR) is 120 cm³/mol. The summed E-state index contributed by atoms with van der Waals surface area (Å²) in [6.07, 6.45) is 1.32. The van der Waals surface area contributed by atoms with Gasteiger partial charge in [0.2, 0.25) is 17.8 Å². The Morgan fingerprint density at radius 2 is 1.82 bits per heavy atom. The molecule has 3 atom stereocenters. The summed E-state index contributed by atoms with van der Waals surface area (Å²) in [7, 11) is 0. The number of alkyl halides is 1. The Kier molecular flexibility index (Phi) is 6.95. The van der Waals surface area contributed by atoms with Gasteiger partial charge in [-0.2, -0.15) is 4.39 Å². The molecule has 2 amide bonds. The molecule has 178 valence electrons. The summed E-state index contributed by atoms with van der Waals surface area (Å²) in [6.45, 7) is 3.46. The molecule has 3 aromatic rings. The first-order valence-electron chi connectivity index (χ1n) is 11.1. The van der Waals surface area contributed by atoms with Crippen LogP contribution in [0.1, 0.15) is 49.0 Å². The molecular weight excluding hydrogens is 442 g/mol. The average Bonchev–Trinajstić information content (AvgIpc) is 3.47. The fourth-order valence-electron chi connectivity index (χ4n) is 4.12. The van der Waals surface area contributed by atoms with E-state index in [1.54, 1.807) is 36.4 Å². The highest BCUT2D eigenvalue weighted by molar-refractivity contribution is 5.88. The highest BCUT2D eigenvalue weighted by Crippen LogP contribution is 2.26. The second-order valence-electron chi connectivity index (χ2n) is 8.65. The number of hydrogen-bond donors (Lipinski definition) is 1. The van der Waals surface area contributed by atoms with Crippen LogP contribution in [-0.4, -0.2) is 55.2 Å². The van der Waals surface area contributed by atoms with Crippen molar-refractivity contribution in [1.29, 1.82) is 0 Å². The number of halogens is 2. The number of pyridine rings is 1. The third kappa shape index (κ3) is 5.11. The summed E-state index contributed by atoms with van der Waals surface area (Å²) >= 11 is 0. The predicted octanol–water partition coefficient (Wildman–Crippen LogP) is 2.78. The first kappa shape index (κ1) is 23.5. The number of aromatic nitrogens is 4. The monoisotopic (exact) mass is 468 g/mol. The first-order chi connectivity index (χ1) is 16.3. The van der Waals surface area contributed by atoms with E-state index in [9.17, 15) is 18.4 Å². The van der Waals surface area contributed by atoms with Crippen LogP contribution in [0.3, 0.4) is 0 Å². The van der Waals surface area contributed by atoms with Gasteiger partial charge in [0.05, 0.1) is 18.3 Å². The smallest absolute Gasteiger partial charge is 0.243 e. The first-order valence-corrected chi connectivity index (χ1v) is 11.1. The van der Waals surface area contributed by atoms with E-state index in [2.05, 4.69) is 20.5 Å². The van der Waals surface area contributed by atoms with E-state index in [-0.39, 0.29) is 25.4 Å². The van der Waals surface area contributed by atoms with Gasteiger partial charge in [-0.1, -0.05) is 50.2 Å². The summed E-state index contributed by atoms with van der Waals surface area (Å²) in [4.78, 5) is 31.4. The topological polar surface area (TPSA) is 93.0 Å². The molecule has 8 nitrogen and oxygen atoms in total. The van der Waals surface area contributed by atoms with Gasteiger partial charge in [-0.05, 0) is 17.5 Å². The van der Waals surface area contributed by atoms with Crippen molar-refractivity contribution in [3.8, 4) is 0 Å². The van der Waals surface area contributed by atoms with E-state index in [4.69, 9.17) is 0 Å². The molecule has 1 aliphatic heterocycles. The summed E-state index contributed by atoms with van der Waals surface area (Å²) in [5, 5.41) is 10.2. The number of amides is 2. The average molecular weight is 469 g/mol. The zero-order chi connectivity index (χ0) is 24.2. The van der Waals surface area contributed by atoms with Crippen LogP contribution in [0, 0.1) is 5.95 Å². The van der Waals surface area contributed by atoms with Crippen LogP contribution in [0.15, 0.2) is 55.1 Å². The van der Waals surface area contributed by atoms with Gasteiger partial charge in [0.15, 0.2) is 0 Å². The van der Waals surface area contributed by atoms with Crippen molar-refractivity contribution in [3.63, 3.8) is 0 Å². The molecule has 10 heteroatoms. The van der Waals surface area contributed by atoms with Crippen LogP contribution in [0.2, 0.25) is 0 Å². The van der Waals surface area contributed by atoms with Crippen molar-refractivity contribution in [1.82, 2.24) is 30.0 Å². The summed E-state index contributed by atoms with van der Waals surface area (Å²) in [5.41, 5.74) is 1.49. The van der Waals surface area contributed by atoms with Crippen molar-refractivity contribution in [2.24, 2.45) is 0 Å². The Labute approximate surface area is 196 Å². The SMILES string of the molecule is CC(C)c1ccc(C(NC(=O)C2CC(F)CN2C(=O)Cn2cnnc2)c2ccccc2)nc1F. The molecule has 1 N–H and O–H groups in total. The number of rotatable bonds is 7. The fourth-order valence-corrected chi connectivity index (χ4v) is 4.12. The zero-order valence-corrected chi connectivity index (χ0v) is 18.9. The van der Waals surface area contributed by atoms with Gasteiger partial charge in [0.1, 0.15) is 31.4 Å². The number of nitrogens with one attached hydrogen (secondary N) is 1. The van der Waals surface area contributed by atoms with Crippen LogP contribution >= 0.6 is 0 Å². The van der Waals surface area contributed by atoms with Crippen LogP contribution < -0.4 is 5.32 Å². The number of carbonyl (C=O) groups excluding carboxylic acids is 2. The van der Waals surface area contributed by atoms with Crippen molar-refractivity contribution >= 4 is 11.8 Å². The van der Waals surface area contributed by atoms with Gasteiger partial charge in [0.25, 0.3) is 0 Å². The molecule has 1 fully saturated rings. The Morgan fingerprint density at radius 3 is 2.47 bits per heavy atom. The third-order valence-corrected chi connectivity index (χ3v) is 5.89. The maximum Gasteiger partial charge on any atom is 0.243 e. The minimum atomic E-state index is -1.32. The standard InChI is InChI=1S/C24H26F2N6O2/c1-15(2)18-8-9-19(29-23(18)26)22(16-6-4-3-5-7-16)30-24(34)20-10-17(25)11-32(20)21(33)12-31-13-27-28-14-31/h3-9,13-15,17,20,22H,10-12H2,1-2H3,(H,30,34). The van der Waals surface area contributed by atoms with Crippen LogP contribution in [-0.2, 0) is 16.1 Å². The summed E-state index contributed by atoms with van der Waals surface area (Å²) in [6, 6.07) is 10.6. The van der Waals surface area contributed by atoms with Gasteiger partial charge < -0.3 is 14.8 Å². The van der Waals surface area contributed by atoms with Gasteiger partial charge >= 0.3 is 0 Å². The number of carbonyl (C=O) groups is 2. The Hall–Kier alpha value is -3.69. The minimum absolute atomic E-state index is 0.0449. The maximum atomic E-state index is 14.7. The third-order valence-electron chi connectivity index (χ3n) is 5.89. The number of likely N-dealkylation sites (tertiary alicyclic amines) is 1. The van der Waals surface area contributed by atoms with E-state index in [1.165, 1.54) is 22.1 Å². The lowest BCUT2D eigenvalue weighted by molar-refractivity contribution is -0.139. The molecule has 0 bridgehead atoms. The molecule has 1 aliphatic rings. The Morgan fingerprint density at radius 1 is 1.12 bits per heavy atom. The molecule has 0 spiro atoms. The molecule has 3 heterocycles. The Balaban J connectivity index is 1.59. The van der Waals surface area contributed by atoms with E-state index in [0.29, 0.717) is 16.8 Å². The summed E-state index contributed by atoms with van der Waals surface area (Å²) in [5.74, 6) is -1.59. The quantitative estimate of drug-likeness (QED) is 0.539. The van der Waals surface area contributed by atoms with Gasteiger partial charge in [-0.15, -0.1) is 10.2 Å². The number of benzene rings is 1. The molecule has 2 aromatic heterocycles. The lowest BCUT2D eigenvalue weighted by atomic mass is 9.99. The van der Waals surface area contributed by atoms with E-state index in [1.807, 2.05) is 19.9 Å². The van der Waals surface area contributed by atoms with Gasteiger partial charge in [0, 0.05) is 12.0 Å². The van der Waals surface area contributed by atoms with E-state index in [0.717, 1.165) is 0 Å². The largest absolute Gasteiger partial charge is 0.342 e. The van der Waals surface area contributed by atoms with Crippen LogP contribution in [0.5, 0.6) is 0 Å². The molecule has 3 unspecified atom stereocenters. The molecule has 4 rings (SSSR count). The molecule has 0 saturated carbocycles. The second-order valence-corrected chi connectivity index (χ2v) is 8.65. The molecule has 34 heavy (non-hydrogen) atoms. The molecule has 1 saturated heterocycles. The van der Waals surface area contributed by atoms with Crippen LogP contribution in [0.25, 0.3) is 0 Å². The fraction of sp³-hybridized carbons (Fsp3) is 0.375. The number of nitrogens with zero attached hydrogens (tertiary/aromatic N) is 5. The molecule has 1 aromatic carbocycles. The Bertz CT molecular complexity index is 1140. The van der Waals surface area contributed by atoms with Gasteiger partial charge in [-0.3, -0.25) is 9.59 Å². The molecule has 0 radical (unpaired) electrons. The lowest BCUT2D eigenvalue weighted by Gasteiger charge is -2.26. The second kappa shape index (κ2) is 10.1. The molecule has 0 aliphatic carbocycles. The normalized spacial score (nSPS) is 18.8. The van der Waals surface area contributed by atoms with Crippen molar-refractivity contribution in [2.75, 3.05) is 6.54 Å². The van der Waals surface area contributed by atoms with Gasteiger partial charge in [-0.25, -0.2) is 9.37 Å². The van der Waals surface area contributed by atoms with Crippen molar-refractivity contribution < 1.29 is 18.4 Å². The van der Waals surface area contributed by atoms with E-state index >= 15 is 0 Å². The minimum Gasteiger partial charge on any atom is -0.342 e.